The maximum Gasteiger partial charge on any atom is 0.301 e. The number of carbonyl (C=O) groups is 2. The van der Waals surface area contributed by atoms with Crippen LogP contribution < -0.4 is 14.4 Å². The Morgan fingerprint density at radius 1 is 1.03 bits per heavy atom. The summed E-state index contributed by atoms with van der Waals surface area (Å²) in [6.45, 7) is 4.93. The van der Waals surface area contributed by atoms with Crippen molar-refractivity contribution in [3.05, 3.63) is 88.7 Å². The zero-order valence-electron chi connectivity index (χ0n) is 20.6. The minimum atomic E-state index is -0.935. The van der Waals surface area contributed by atoms with Crippen LogP contribution in [-0.4, -0.2) is 35.0 Å². The number of fused-ring (bicyclic) bond motifs is 2. The molecule has 0 radical (unpaired) electrons. The number of hydrogen-bond acceptors (Lipinski definition) is 7. The number of aromatic nitrogens is 1. The van der Waals surface area contributed by atoms with E-state index < -0.39 is 23.5 Å². The number of aliphatic hydroxyl groups excluding tert-OH is 1. The largest absolute Gasteiger partial charge is 0.507 e. The van der Waals surface area contributed by atoms with Gasteiger partial charge >= 0.3 is 5.91 Å². The highest BCUT2D eigenvalue weighted by molar-refractivity contribution is 7.22. The predicted molar refractivity (Wildman–Crippen MR) is 142 cm³/mol. The fourth-order valence-electron chi connectivity index (χ4n) is 4.74. The van der Waals surface area contributed by atoms with Crippen molar-refractivity contribution >= 4 is 44.1 Å². The molecule has 1 unspecified atom stereocenters. The number of ether oxygens (including phenoxy) is 2. The Kier molecular flexibility index (Phi) is 5.87. The van der Waals surface area contributed by atoms with Crippen molar-refractivity contribution in [2.45, 2.75) is 25.8 Å². The first-order valence-electron chi connectivity index (χ1n) is 12.2. The van der Waals surface area contributed by atoms with Crippen molar-refractivity contribution in [1.82, 2.24) is 4.98 Å². The van der Waals surface area contributed by atoms with Crippen LogP contribution >= 0.6 is 11.3 Å². The van der Waals surface area contributed by atoms with Gasteiger partial charge in [-0.2, -0.15) is 0 Å². The topological polar surface area (TPSA) is 89.0 Å². The monoisotopic (exact) mass is 530 g/mol. The molecule has 1 N–H and O–H groups in total. The average Bonchev–Trinajstić information content (AvgIpc) is 3.45. The molecule has 6 rings (SSSR count). The van der Waals surface area contributed by atoms with Crippen LogP contribution in [0.1, 0.15) is 42.5 Å². The number of thiazole rings is 1. The first kappa shape index (κ1) is 24.1. The van der Waals surface area contributed by atoms with E-state index in [1.807, 2.05) is 24.3 Å². The molecule has 1 atom stereocenters. The number of rotatable bonds is 4. The predicted octanol–water partition coefficient (Wildman–Crippen LogP) is 5.96. The van der Waals surface area contributed by atoms with Gasteiger partial charge in [-0.1, -0.05) is 49.4 Å². The van der Waals surface area contributed by atoms with Crippen molar-refractivity contribution in [3.63, 3.8) is 0 Å². The first-order chi connectivity index (χ1) is 18.3. The van der Waals surface area contributed by atoms with Gasteiger partial charge < -0.3 is 14.6 Å². The van der Waals surface area contributed by atoms with E-state index in [9.17, 15) is 19.1 Å². The molecule has 192 valence electrons. The van der Waals surface area contributed by atoms with Crippen LogP contribution in [0.15, 0.2) is 66.2 Å². The molecule has 0 saturated carbocycles. The number of halogens is 1. The smallest absolute Gasteiger partial charge is 0.301 e. The lowest BCUT2D eigenvalue weighted by Gasteiger charge is -2.23. The summed E-state index contributed by atoms with van der Waals surface area (Å²) in [5, 5.41) is 11.7. The van der Waals surface area contributed by atoms with Crippen LogP contribution in [-0.2, 0) is 9.59 Å². The van der Waals surface area contributed by atoms with E-state index in [0.717, 1.165) is 16.9 Å². The first-order valence-corrected chi connectivity index (χ1v) is 13.0. The average molecular weight is 531 g/mol. The van der Waals surface area contributed by atoms with Gasteiger partial charge in [-0.3, -0.25) is 14.5 Å². The van der Waals surface area contributed by atoms with E-state index in [2.05, 4.69) is 18.8 Å². The summed E-state index contributed by atoms with van der Waals surface area (Å²) in [5.74, 6) is -1.13. The highest BCUT2D eigenvalue weighted by Gasteiger charge is 2.48. The van der Waals surface area contributed by atoms with E-state index in [4.69, 9.17) is 9.47 Å². The minimum absolute atomic E-state index is 0.0607. The summed E-state index contributed by atoms with van der Waals surface area (Å²) < 4.78 is 25.6. The van der Waals surface area contributed by atoms with E-state index in [0.29, 0.717) is 46.1 Å². The molecule has 7 nitrogen and oxygen atoms in total. The highest BCUT2D eigenvalue weighted by Crippen LogP contribution is 2.45. The minimum Gasteiger partial charge on any atom is -0.507 e. The van der Waals surface area contributed by atoms with Gasteiger partial charge in [-0.25, -0.2) is 9.37 Å². The Hall–Kier alpha value is -4.24. The summed E-state index contributed by atoms with van der Waals surface area (Å²) >= 11 is 1.11. The molecule has 1 saturated heterocycles. The highest BCUT2D eigenvalue weighted by atomic mass is 32.1. The number of ketones is 1. The van der Waals surface area contributed by atoms with Crippen LogP contribution in [0.4, 0.5) is 9.52 Å². The van der Waals surface area contributed by atoms with Crippen molar-refractivity contribution in [3.8, 4) is 11.5 Å². The third-order valence-corrected chi connectivity index (χ3v) is 7.74. The van der Waals surface area contributed by atoms with Crippen LogP contribution in [0, 0.1) is 5.82 Å². The van der Waals surface area contributed by atoms with Crippen LogP contribution in [0.5, 0.6) is 11.5 Å². The molecular formula is C29H23FN2O5S. The van der Waals surface area contributed by atoms with Gasteiger partial charge in [0.2, 0.25) is 0 Å². The molecule has 1 amide bonds. The lowest BCUT2D eigenvalue weighted by molar-refractivity contribution is -0.132. The van der Waals surface area contributed by atoms with E-state index in [1.165, 1.54) is 23.1 Å². The Bertz CT molecular complexity index is 1630. The summed E-state index contributed by atoms with van der Waals surface area (Å²) in [7, 11) is 0. The molecule has 0 bridgehead atoms. The van der Waals surface area contributed by atoms with Crippen molar-refractivity contribution in [2.75, 3.05) is 18.1 Å². The molecule has 3 heterocycles. The lowest BCUT2D eigenvalue weighted by atomic mass is 9.93. The zero-order valence-corrected chi connectivity index (χ0v) is 21.4. The summed E-state index contributed by atoms with van der Waals surface area (Å²) in [6.07, 6.45) is 0. The van der Waals surface area contributed by atoms with Crippen LogP contribution in [0.3, 0.4) is 0 Å². The number of nitrogens with zero attached hydrogens (tertiary/aromatic N) is 2. The zero-order chi connectivity index (χ0) is 26.6. The second kappa shape index (κ2) is 9.25. The summed E-state index contributed by atoms with van der Waals surface area (Å²) in [5.41, 5.74) is 2.50. The maximum atomic E-state index is 13.9. The van der Waals surface area contributed by atoms with Crippen LogP contribution in [0.25, 0.3) is 16.0 Å². The lowest BCUT2D eigenvalue weighted by Crippen LogP contribution is -2.29. The molecule has 2 aliphatic rings. The molecule has 3 aromatic carbocycles. The Balaban J connectivity index is 1.53. The fraction of sp³-hybridized carbons (Fsp3) is 0.207. The standard InChI is InChI=1S/C29H23FN2O5S/c1-15(2)16-3-5-17(6-4-16)25-24(26(33)18-7-10-21-22(13-18)37-12-11-36-21)27(34)28(35)32(25)29-31-20-9-8-19(30)14-23(20)38-29/h3-10,13-15,25,33H,11-12H2,1-2H3. The number of benzene rings is 3. The van der Waals surface area contributed by atoms with Gasteiger partial charge in [-0.05, 0) is 53.4 Å². The third-order valence-electron chi connectivity index (χ3n) is 6.72. The van der Waals surface area contributed by atoms with Crippen molar-refractivity contribution < 1.29 is 28.6 Å². The summed E-state index contributed by atoms with van der Waals surface area (Å²) in [4.78, 5) is 32.8. The second-order valence-corrected chi connectivity index (χ2v) is 10.5. The SMILES string of the molecule is CC(C)c1ccc(C2C(=C(O)c3ccc4c(c3)OCCO4)C(=O)C(=O)N2c2nc3ccc(F)cc3s2)cc1. The molecule has 0 aliphatic carbocycles. The Morgan fingerprint density at radius 2 is 1.76 bits per heavy atom. The maximum absolute atomic E-state index is 13.9. The molecule has 9 heteroatoms. The molecule has 38 heavy (non-hydrogen) atoms. The van der Waals surface area contributed by atoms with Gasteiger partial charge in [0, 0.05) is 5.56 Å². The molecule has 1 fully saturated rings. The number of amides is 1. The van der Waals surface area contributed by atoms with Gasteiger partial charge in [-0.15, -0.1) is 0 Å². The van der Waals surface area contributed by atoms with E-state index >= 15 is 0 Å². The third kappa shape index (κ3) is 3.99. The Morgan fingerprint density at radius 3 is 2.50 bits per heavy atom. The van der Waals surface area contributed by atoms with Gasteiger partial charge in [0.15, 0.2) is 16.6 Å². The molecule has 4 aromatic rings. The Labute approximate surface area is 221 Å². The van der Waals surface area contributed by atoms with Gasteiger partial charge in [0.05, 0.1) is 21.8 Å². The quantitative estimate of drug-likeness (QED) is 0.199. The molecule has 0 spiro atoms. The van der Waals surface area contributed by atoms with Gasteiger partial charge in [0.1, 0.15) is 24.8 Å². The summed E-state index contributed by atoms with van der Waals surface area (Å²) in [6, 6.07) is 15.7. The number of hydrogen-bond donors (Lipinski definition) is 1. The van der Waals surface area contributed by atoms with Crippen molar-refractivity contribution in [2.24, 2.45) is 0 Å². The fourth-order valence-corrected chi connectivity index (χ4v) is 5.76. The second-order valence-electron chi connectivity index (χ2n) is 9.46. The number of Topliss-reactive ketones (excluding diaryl/α,β-unsaturated/α-hetero) is 1. The van der Waals surface area contributed by atoms with Crippen LogP contribution in [0.2, 0.25) is 0 Å². The van der Waals surface area contributed by atoms with E-state index in [-0.39, 0.29) is 22.4 Å². The normalized spacial score (nSPS) is 18.5. The molecular weight excluding hydrogens is 507 g/mol. The number of anilines is 1. The molecule has 2 aliphatic heterocycles. The number of carbonyl (C=O) groups excluding carboxylic acids is 2. The van der Waals surface area contributed by atoms with E-state index in [1.54, 1.807) is 18.2 Å². The number of aliphatic hydroxyl groups is 1. The molecule has 1 aromatic heterocycles. The van der Waals surface area contributed by atoms with Crippen molar-refractivity contribution in [1.29, 1.82) is 0 Å². The van der Waals surface area contributed by atoms with Gasteiger partial charge in [0.25, 0.3) is 5.78 Å².